The molecule has 21 heavy (non-hydrogen) atoms. The lowest BCUT2D eigenvalue weighted by molar-refractivity contribution is 0.279. The molecule has 1 saturated carbocycles. The van der Waals surface area contributed by atoms with Gasteiger partial charge in [-0.15, -0.1) is 0 Å². The molecule has 2 N–H and O–H groups in total. The fourth-order valence-corrected chi connectivity index (χ4v) is 4.03. The summed E-state index contributed by atoms with van der Waals surface area (Å²) in [6, 6.07) is 4.66. The zero-order valence-electron chi connectivity index (χ0n) is 12.3. The summed E-state index contributed by atoms with van der Waals surface area (Å²) in [6.07, 6.45) is 13.4. The van der Waals surface area contributed by atoms with E-state index in [2.05, 4.69) is 20.6 Å². The summed E-state index contributed by atoms with van der Waals surface area (Å²) in [5.41, 5.74) is 10.1. The zero-order chi connectivity index (χ0) is 14.2. The molecule has 0 amide bonds. The molecular weight excluding hydrogens is 260 g/mol. The van der Waals surface area contributed by atoms with Crippen molar-refractivity contribution in [2.75, 3.05) is 0 Å². The monoisotopic (exact) mass is 282 g/mol. The fourth-order valence-electron chi connectivity index (χ4n) is 4.03. The highest BCUT2D eigenvalue weighted by molar-refractivity contribution is 5.66. The van der Waals surface area contributed by atoms with Gasteiger partial charge in [0.25, 0.3) is 0 Å². The maximum absolute atomic E-state index is 6.55. The Kier molecular flexibility index (Phi) is 3.26. The van der Waals surface area contributed by atoms with Crippen LogP contribution in [0.3, 0.4) is 0 Å². The van der Waals surface area contributed by atoms with E-state index in [1.807, 2.05) is 24.8 Å². The second-order valence-electron chi connectivity index (χ2n) is 6.44. The third-order valence-corrected chi connectivity index (χ3v) is 5.18. The van der Waals surface area contributed by atoms with E-state index >= 15 is 0 Å². The number of hydrogen-bond donors (Lipinski definition) is 1. The van der Waals surface area contributed by atoms with Gasteiger partial charge < -0.3 is 10.3 Å². The Morgan fingerprint density at radius 2 is 2.14 bits per heavy atom. The van der Waals surface area contributed by atoms with Gasteiger partial charge in [0.2, 0.25) is 0 Å². The van der Waals surface area contributed by atoms with E-state index in [-0.39, 0.29) is 12.1 Å². The largest absolute Gasteiger partial charge is 0.327 e. The van der Waals surface area contributed by atoms with Crippen molar-refractivity contribution in [1.29, 1.82) is 0 Å². The molecule has 2 unspecified atom stereocenters. The van der Waals surface area contributed by atoms with Crippen molar-refractivity contribution < 1.29 is 0 Å². The number of aromatic nitrogens is 3. The van der Waals surface area contributed by atoms with Gasteiger partial charge >= 0.3 is 0 Å². The highest BCUT2D eigenvalue weighted by Crippen LogP contribution is 2.41. The van der Waals surface area contributed by atoms with Crippen LogP contribution in [0.15, 0.2) is 30.9 Å². The Hall–Kier alpha value is -1.68. The lowest BCUT2D eigenvalue weighted by Gasteiger charge is -2.29. The number of rotatable bonds is 3. The second-order valence-corrected chi connectivity index (χ2v) is 6.44. The van der Waals surface area contributed by atoms with E-state index in [1.165, 1.54) is 49.1 Å². The molecule has 2 aromatic rings. The lowest BCUT2D eigenvalue weighted by atomic mass is 9.81. The molecule has 2 atom stereocenters. The van der Waals surface area contributed by atoms with Gasteiger partial charge in [0.1, 0.15) is 0 Å². The van der Waals surface area contributed by atoms with E-state index in [4.69, 9.17) is 5.73 Å². The Labute approximate surface area is 125 Å². The third-order valence-electron chi connectivity index (χ3n) is 5.18. The van der Waals surface area contributed by atoms with E-state index in [0.717, 1.165) is 6.42 Å². The summed E-state index contributed by atoms with van der Waals surface area (Å²) in [7, 11) is 0. The highest BCUT2D eigenvalue weighted by Gasteiger charge is 2.32. The number of imidazole rings is 1. The van der Waals surface area contributed by atoms with Gasteiger partial charge in [-0.05, 0) is 37.3 Å². The van der Waals surface area contributed by atoms with E-state index in [9.17, 15) is 0 Å². The average molecular weight is 282 g/mol. The maximum Gasteiger partial charge on any atom is 0.0957 e. The second kappa shape index (κ2) is 5.26. The molecule has 0 aromatic carbocycles. The van der Waals surface area contributed by atoms with E-state index < -0.39 is 0 Å². The van der Waals surface area contributed by atoms with Gasteiger partial charge in [-0.25, -0.2) is 4.98 Å². The molecule has 1 fully saturated rings. The van der Waals surface area contributed by atoms with Crippen molar-refractivity contribution in [3.8, 4) is 11.3 Å². The van der Waals surface area contributed by atoms with Crippen LogP contribution in [-0.4, -0.2) is 20.6 Å². The number of hydrogen-bond acceptors (Lipinski definition) is 3. The molecule has 0 bridgehead atoms. The van der Waals surface area contributed by atoms with Crippen LogP contribution in [-0.2, 0) is 0 Å². The van der Waals surface area contributed by atoms with Crippen LogP contribution in [0.5, 0.6) is 0 Å². The molecule has 0 radical (unpaired) electrons. The van der Waals surface area contributed by atoms with Crippen LogP contribution in [0, 0.1) is 5.92 Å². The van der Waals surface area contributed by atoms with Gasteiger partial charge in [0, 0.05) is 17.8 Å². The summed E-state index contributed by atoms with van der Waals surface area (Å²) in [6.45, 7) is 0. The van der Waals surface area contributed by atoms with Gasteiger partial charge in [0.05, 0.1) is 30.0 Å². The lowest BCUT2D eigenvalue weighted by Crippen LogP contribution is -2.34. The Morgan fingerprint density at radius 1 is 1.29 bits per heavy atom. The summed E-state index contributed by atoms with van der Waals surface area (Å²) in [5, 5.41) is 0. The number of fused-ring (bicyclic) bond motifs is 3. The summed E-state index contributed by atoms with van der Waals surface area (Å²) in [4.78, 5) is 8.93. The normalized spacial score (nSPS) is 22.8. The molecule has 3 heterocycles. The van der Waals surface area contributed by atoms with Crippen molar-refractivity contribution >= 4 is 0 Å². The van der Waals surface area contributed by atoms with Crippen LogP contribution in [0.4, 0.5) is 0 Å². The Morgan fingerprint density at radius 3 is 3.00 bits per heavy atom. The van der Waals surface area contributed by atoms with Gasteiger partial charge in [0.15, 0.2) is 0 Å². The molecule has 4 heteroatoms. The first-order chi connectivity index (χ1) is 10.3. The molecule has 4 rings (SSSR count). The first kappa shape index (κ1) is 13.0. The van der Waals surface area contributed by atoms with Crippen LogP contribution in [0.2, 0.25) is 0 Å². The smallest absolute Gasteiger partial charge is 0.0957 e. The van der Waals surface area contributed by atoms with Crippen LogP contribution >= 0.6 is 0 Å². The molecule has 4 nitrogen and oxygen atoms in total. The minimum atomic E-state index is 0.260. The molecule has 2 aliphatic rings. The number of nitrogens with zero attached hydrogens (tertiary/aromatic N) is 3. The highest BCUT2D eigenvalue weighted by atomic mass is 15.1. The molecule has 1 aliphatic carbocycles. The van der Waals surface area contributed by atoms with Crippen molar-refractivity contribution in [3.63, 3.8) is 0 Å². The quantitative estimate of drug-likeness (QED) is 0.941. The zero-order valence-corrected chi connectivity index (χ0v) is 12.3. The molecule has 2 aromatic heterocycles. The molecular formula is C17H22N4. The standard InChI is InChI=1S/C17H22N4/c18-14(12-5-2-1-3-6-12)9-15-17-13(7-4-8-20-17)16-10-19-11-21(15)16/h4,7-8,10-12,14-15H,1-3,5-6,9,18H2. The fraction of sp³-hybridized carbons (Fsp3) is 0.529. The van der Waals surface area contributed by atoms with E-state index in [0.29, 0.717) is 5.92 Å². The topological polar surface area (TPSA) is 56.7 Å². The number of nitrogens with two attached hydrogens (primary N) is 1. The maximum atomic E-state index is 6.55. The molecule has 0 saturated heterocycles. The summed E-state index contributed by atoms with van der Waals surface area (Å²) in [5.74, 6) is 0.679. The first-order valence-corrected chi connectivity index (χ1v) is 8.07. The van der Waals surface area contributed by atoms with Crippen LogP contribution < -0.4 is 5.73 Å². The Bertz CT molecular complexity index is 627. The minimum Gasteiger partial charge on any atom is -0.327 e. The van der Waals surface area contributed by atoms with Gasteiger partial charge in [-0.2, -0.15) is 0 Å². The predicted molar refractivity (Wildman–Crippen MR) is 82.8 cm³/mol. The van der Waals surface area contributed by atoms with Crippen molar-refractivity contribution in [2.24, 2.45) is 11.7 Å². The summed E-state index contributed by atoms with van der Waals surface area (Å²) < 4.78 is 2.25. The van der Waals surface area contributed by atoms with Crippen LogP contribution in [0.1, 0.15) is 50.3 Å². The SMILES string of the molecule is NC(CC1c2ncccc2-c2cncn21)C1CCCCC1. The first-order valence-electron chi connectivity index (χ1n) is 8.07. The number of pyridine rings is 1. The molecule has 0 spiro atoms. The van der Waals surface area contributed by atoms with Crippen molar-refractivity contribution in [2.45, 2.75) is 50.6 Å². The minimum absolute atomic E-state index is 0.260. The van der Waals surface area contributed by atoms with Crippen molar-refractivity contribution in [3.05, 3.63) is 36.5 Å². The molecule has 1 aliphatic heterocycles. The van der Waals surface area contributed by atoms with Crippen LogP contribution in [0.25, 0.3) is 11.3 Å². The Balaban J connectivity index is 1.60. The predicted octanol–water partition coefficient (Wildman–Crippen LogP) is 3.15. The van der Waals surface area contributed by atoms with E-state index in [1.54, 1.807) is 0 Å². The molecule has 110 valence electrons. The average Bonchev–Trinajstić information content (AvgIpc) is 3.11. The summed E-state index contributed by atoms with van der Waals surface area (Å²) >= 11 is 0. The van der Waals surface area contributed by atoms with Crippen molar-refractivity contribution in [1.82, 2.24) is 14.5 Å². The van der Waals surface area contributed by atoms with Gasteiger partial charge in [-0.3, -0.25) is 4.98 Å². The third kappa shape index (κ3) is 2.18. The van der Waals surface area contributed by atoms with Gasteiger partial charge in [-0.1, -0.05) is 19.3 Å².